The van der Waals surface area contributed by atoms with Gasteiger partial charge in [-0.15, -0.1) is 0 Å². The number of aryl methyl sites for hydroxylation is 2. The Morgan fingerprint density at radius 3 is 2.84 bits per heavy atom. The van der Waals surface area contributed by atoms with Crippen LogP contribution in [0, 0.1) is 5.92 Å². The van der Waals surface area contributed by atoms with Crippen LogP contribution in [-0.4, -0.2) is 71.9 Å². The summed E-state index contributed by atoms with van der Waals surface area (Å²) in [5, 5.41) is 7.66. The van der Waals surface area contributed by atoms with Crippen LogP contribution in [0.25, 0.3) is 0 Å². The number of fused-ring (bicyclic) bond motifs is 1. The molecule has 9 heteroatoms. The average Bonchev–Trinajstić information content (AvgIpc) is 3.37. The van der Waals surface area contributed by atoms with Gasteiger partial charge in [-0.2, -0.15) is 5.10 Å². The molecule has 2 aliphatic rings. The summed E-state index contributed by atoms with van der Waals surface area (Å²) in [6.07, 6.45) is 4.30. The van der Waals surface area contributed by atoms with E-state index in [4.69, 9.17) is 9.47 Å². The van der Waals surface area contributed by atoms with Gasteiger partial charge >= 0.3 is 5.97 Å². The van der Waals surface area contributed by atoms with E-state index in [9.17, 15) is 14.4 Å². The molecular weight excluding hydrogens is 400 g/mol. The second kappa shape index (κ2) is 11.3. The van der Waals surface area contributed by atoms with Crippen molar-refractivity contribution in [3.8, 4) is 0 Å². The van der Waals surface area contributed by atoms with Crippen LogP contribution in [0.1, 0.15) is 61.3 Å². The Kier molecular flexibility index (Phi) is 8.45. The third kappa shape index (κ3) is 6.06. The van der Waals surface area contributed by atoms with Crippen molar-refractivity contribution in [2.75, 3.05) is 39.5 Å². The highest BCUT2D eigenvalue weighted by Crippen LogP contribution is 2.20. The molecule has 1 saturated heterocycles. The first-order valence-electron chi connectivity index (χ1n) is 11.4. The predicted molar refractivity (Wildman–Crippen MR) is 114 cm³/mol. The minimum Gasteiger partial charge on any atom is -0.465 e. The maximum atomic E-state index is 12.8. The number of nitrogens with one attached hydrogen (secondary N) is 1. The van der Waals surface area contributed by atoms with Gasteiger partial charge in [0.15, 0.2) is 0 Å². The van der Waals surface area contributed by atoms with Crippen LogP contribution in [-0.2, 0) is 38.4 Å². The Morgan fingerprint density at radius 1 is 1.29 bits per heavy atom. The molecule has 172 valence electrons. The number of likely N-dealkylation sites (tertiary alicyclic amines) is 1. The maximum Gasteiger partial charge on any atom is 0.310 e. The van der Waals surface area contributed by atoms with E-state index in [2.05, 4.69) is 10.4 Å². The Balaban J connectivity index is 1.58. The van der Waals surface area contributed by atoms with Gasteiger partial charge in [0.25, 0.3) is 5.91 Å². The van der Waals surface area contributed by atoms with Gasteiger partial charge in [-0.25, -0.2) is 0 Å². The van der Waals surface area contributed by atoms with Crippen molar-refractivity contribution in [3.63, 3.8) is 0 Å². The zero-order chi connectivity index (χ0) is 22.2. The predicted octanol–water partition coefficient (Wildman–Crippen LogP) is 1.33. The zero-order valence-corrected chi connectivity index (χ0v) is 18.7. The summed E-state index contributed by atoms with van der Waals surface area (Å²) in [4.78, 5) is 38.2. The highest BCUT2D eigenvalue weighted by Gasteiger charge is 2.30. The zero-order valence-electron chi connectivity index (χ0n) is 18.7. The monoisotopic (exact) mass is 434 g/mol. The molecule has 0 aromatic carbocycles. The Hall–Kier alpha value is -2.42. The number of amides is 2. The smallest absolute Gasteiger partial charge is 0.310 e. The van der Waals surface area contributed by atoms with E-state index in [0.717, 1.165) is 30.7 Å². The van der Waals surface area contributed by atoms with Gasteiger partial charge in [-0.1, -0.05) is 6.92 Å². The lowest BCUT2D eigenvalue weighted by atomic mass is 10.1. The fraction of sp³-hybridized carbons (Fsp3) is 0.727. The number of aromatic nitrogens is 2. The van der Waals surface area contributed by atoms with Gasteiger partial charge in [0.2, 0.25) is 5.91 Å². The molecule has 1 aromatic heterocycles. The van der Waals surface area contributed by atoms with E-state index in [-0.39, 0.29) is 23.7 Å². The highest BCUT2D eigenvalue weighted by molar-refractivity contribution is 5.96. The fourth-order valence-electron chi connectivity index (χ4n) is 4.15. The van der Waals surface area contributed by atoms with Crippen LogP contribution in [0.5, 0.6) is 0 Å². The number of hydrogen-bond acceptors (Lipinski definition) is 6. The van der Waals surface area contributed by atoms with Crippen LogP contribution >= 0.6 is 0 Å². The quantitative estimate of drug-likeness (QED) is 0.535. The summed E-state index contributed by atoms with van der Waals surface area (Å²) in [5.74, 6) is -0.550. The molecule has 0 aliphatic carbocycles. The molecule has 1 unspecified atom stereocenters. The standard InChI is InChI=1S/C22H34N4O5/c1-3-18-20-19(7-4-12-30-13-5-9-23-21(20)28)26(24-18)10-6-14-31-22(29)17-8-11-25(15-17)16(2)27/h17H,3-15H2,1-2H3,(H,23,28). The van der Waals surface area contributed by atoms with E-state index in [1.54, 1.807) is 4.90 Å². The molecule has 0 saturated carbocycles. The SMILES string of the molecule is CCc1nn(CCCOC(=O)C2CCN(C(C)=O)C2)c2c1C(=O)NCCCOCCC2. The lowest BCUT2D eigenvalue weighted by Gasteiger charge is -2.14. The molecule has 1 atom stereocenters. The van der Waals surface area contributed by atoms with E-state index < -0.39 is 0 Å². The summed E-state index contributed by atoms with van der Waals surface area (Å²) in [6, 6.07) is 0. The second-order valence-electron chi connectivity index (χ2n) is 8.14. The molecule has 0 bridgehead atoms. The highest BCUT2D eigenvalue weighted by atomic mass is 16.5. The number of nitrogens with zero attached hydrogens (tertiary/aromatic N) is 3. The van der Waals surface area contributed by atoms with Crippen molar-refractivity contribution in [2.24, 2.45) is 5.92 Å². The Labute approximate surface area is 183 Å². The van der Waals surface area contributed by atoms with Gasteiger partial charge < -0.3 is 19.7 Å². The largest absolute Gasteiger partial charge is 0.465 e. The molecule has 2 amide bonds. The van der Waals surface area contributed by atoms with Crippen molar-refractivity contribution in [1.29, 1.82) is 0 Å². The summed E-state index contributed by atoms with van der Waals surface area (Å²) >= 11 is 0. The molecule has 1 aromatic rings. The summed E-state index contributed by atoms with van der Waals surface area (Å²) in [5.41, 5.74) is 2.43. The van der Waals surface area contributed by atoms with E-state index in [1.807, 2.05) is 11.6 Å². The molecule has 1 fully saturated rings. The van der Waals surface area contributed by atoms with E-state index in [1.165, 1.54) is 6.92 Å². The molecule has 9 nitrogen and oxygen atoms in total. The first-order chi connectivity index (χ1) is 15.0. The number of hydrogen-bond donors (Lipinski definition) is 1. The minimum atomic E-state index is -0.241. The molecular formula is C22H34N4O5. The molecule has 31 heavy (non-hydrogen) atoms. The second-order valence-corrected chi connectivity index (χ2v) is 8.14. The van der Waals surface area contributed by atoms with Gasteiger partial charge in [0.05, 0.1) is 29.5 Å². The first kappa shape index (κ1) is 23.2. The van der Waals surface area contributed by atoms with Gasteiger partial charge in [-0.3, -0.25) is 19.1 Å². The van der Waals surface area contributed by atoms with Crippen molar-refractivity contribution < 1.29 is 23.9 Å². The number of ether oxygens (including phenoxy) is 2. The fourth-order valence-corrected chi connectivity index (χ4v) is 4.15. The van der Waals surface area contributed by atoms with Gasteiger partial charge in [-0.05, 0) is 32.1 Å². The third-order valence-corrected chi connectivity index (χ3v) is 5.87. The van der Waals surface area contributed by atoms with Crippen molar-refractivity contribution in [1.82, 2.24) is 20.0 Å². The molecule has 1 N–H and O–H groups in total. The van der Waals surface area contributed by atoms with Gasteiger partial charge in [0.1, 0.15) is 0 Å². The number of rotatable bonds is 6. The average molecular weight is 435 g/mol. The first-order valence-corrected chi connectivity index (χ1v) is 11.4. The van der Waals surface area contributed by atoms with Gasteiger partial charge in [0, 0.05) is 52.7 Å². The van der Waals surface area contributed by atoms with Crippen LogP contribution < -0.4 is 5.32 Å². The van der Waals surface area contributed by atoms with E-state index >= 15 is 0 Å². The molecule has 2 aliphatic heterocycles. The Morgan fingerprint density at radius 2 is 2.10 bits per heavy atom. The minimum absolute atomic E-state index is 0.00570. The van der Waals surface area contributed by atoms with Crippen LogP contribution in [0.3, 0.4) is 0 Å². The van der Waals surface area contributed by atoms with Crippen molar-refractivity contribution in [3.05, 3.63) is 17.0 Å². The molecule has 0 spiro atoms. The van der Waals surface area contributed by atoms with Crippen molar-refractivity contribution >= 4 is 17.8 Å². The molecule has 3 heterocycles. The normalized spacial score (nSPS) is 20.0. The third-order valence-electron chi connectivity index (χ3n) is 5.87. The van der Waals surface area contributed by atoms with Crippen LogP contribution in [0.4, 0.5) is 0 Å². The lowest BCUT2D eigenvalue weighted by Crippen LogP contribution is -2.28. The summed E-state index contributed by atoms with van der Waals surface area (Å²) < 4.78 is 13.0. The molecule has 0 radical (unpaired) electrons. The topological polar surface area (TPSA) is 103 Å². The summed E-state index contributed by atoms with van der Waals surface area (Å²) in [7, 11) is 0. The summed E-state index contributed by atoms with van der Waals surface area (Å²) in [6.45, 7) is 7.35. The molecule has 3 rings (SSSR count). The van der Waals surface area contributed by atoms with Crippen LogP contribution in [0.2, 0.25) is 0 Å². The lowest BCUT2D eigenvalue weighted by molar-refractivity contribution is -0.148. The Bertz CT molecular complexity index is 791. The number of carbonyl (C=O) groups is 3. The maximum absolute atomic E-state index is 12.8. The number of esters is 1. The number of carbonyl (C=O) groups excluding carboxylic acids is 3. The van der Waals surface area contributed by atoms with Crippen LogP contribution in [0.15, 0.2) is 0 Å². The van der Waals surface area contributed by atoms with Crippen molar-refractivity contribution in [2.45, 2.75) is 58.9 Å². The van der Waals surface area contributed by atoms with E-state index in [0.29, 0.717) is 70.8 Å².